The first-order valence-corrected chi connectivity index (χ1v) is 2.07. The number of hydrogen-bond donors (Lipinski definition) is 1. The Hall–Kier alpha value is -0.900. The molecule has 4 nitrogen and oxygen atoms in total. The van der Waals surface area contributed by atoms with E-state index in [1.165, 1.54) is 6.92 Å². The monoisotopic (exact) mass is 117 g/mol. The van der Waals surface area contributed by atoms with Crippen LogP contribution in [0.3, 0.4) is 0 Å². The van der Waals surface area contributed by atoms with E-state index in [4.69, 9.17) is 5.11 Å². The van der Waals surface area contributed by atoms with Crippen molar-refractivity contribution in [1.29, 1.82) is 0 Å². The van der Waals surface area contributed by atoms with Crippen molar-refractivity contribution >= 4 is 0 Å². The van der Waals surface area contributed by atoms with Crippen molar-refractivity contribution in [2.75, 3.05) is 0 Å². The maximum Gasteiger partial charge on any atom is 0.267 e. The van der Waals surface area contributed by atoms with Gasteiger partial charge in [-0.25, -0.2) is 0 Å². The van der Waals surface area contributed by atoms with Crippen LogP contribution in [0.4, 0.5) is 0 Å². The molecule has 0 rings (SSSR count). The van der Waals surface area contributed by atoms with Crippen LogP contribution >= 0.6 is 0 Å². The summed E-state index contributed by atoms with van der Waals surface area (Å²) in [5, 5.41) is 18.1. The predicted molar refractivity (Wildman–Crippen MR) is 27.8 cm³/mol. The molecule has 4 heteroatoms. The Labute approximate surface area is 46.6 Å². The summed E-state index contributed by atoms with van der Waals surface area (Å²) in [6.45, 7) is 4.30. The van der Waals surface area contributed by atoms with Gasteiger partial charge >= 0.3 is 0 Å². The smallest absolute Gasteiger partial charge is 0.267 e. The third-order valence-electron chi connectivity index (χ3n) is 0.717. The van der Waals surface area contributed by atoms with Gasteiger partial charge in [-0.15, -0.1) is 0 Å². The zero-order valence-corrected chi connectivity index (χ0v) is 4.50. The first-order chi connectivity index (χ1) is 3.55. The van der Waals surface area contributed by atoms with E-state index in [9.17, 15) is 10.1 Å². The van der Waals surface area contributed by atoms with Crippen molar-refractivity contribution in [3.63, 3.8) is 0 Å². The standard InChI is InChI=1S/C4H7NO3/c1-3(4(2)6)5(7)8/h4,6H,1H2,2H3. The Balaban J connectivity index is 3.84. The van der Waals surface area contributed by atoms with E-state index in [0.29, 0.717) is 0 Å². The van der Waals surface area contributed by atoms with Crippen molar-refractivity contribution < 1.29 is 10.0 Å². The van der Waals surface area contributed by atoms with E-state index in [2.05, 4.69) is 6.58 Å². The van der Waals surface area contributed by atoms with Crippen LogP contribution in [0.2, 0.25) is 0 Å². The van der Waals surface area contributed by atoms with Crippen LogP contribution in [-0.4, -0.2) is 16.1 Å². The topological polar surface area (TPSA) is 63.4 Å². The average Bonchev–Trinajstić information content (AvgIpc) is 1.64. The number of nitro groups is 1. The van der Waals surface area contributed by atoms with E-state index in [1.807, 2.05) is 0 Å². The molecule has 0 aromatic heterocycles. The van der Waals surface area contributed by atoms with Gasteiger partial charge in [0.2, 0.25) is 0 Å². The zero-order valence-electron chi connectivity index (χ0n) is 4.50. The Bertz CT molecular complexity index is 118. The second-order valence-corrected chi connectivity index (χ2v) is 1.42. The number of nitrogens with zero attached hydrogens (tertiary/aromatic N) is 1. The van der Waals surface area contributed by atoms with Gasteiger partial charge in [-0.1, -0.05) is 0 Å². The molecule has 1 N–H and O–H groups in total. The first-order valence-electron chi connectivity index (χ1n) is 2.07. The van der Waals surface area contributed by atoms with Gasteiger partial charge in [0.25, 0.3) is 5.70 Å². The van der Waals surface area contributed by atoms with Gasteiger partial charge in [-0.05, 0) is 13.5 Å². The molecule has 8 heavy (non-hydrogen) atoms. The third kappa shape index (κ3) is 1.70. The van der Waals surface area contributed by atoms with E-state index < -0.39 is 11.0 Å². The summed E-state index contributed by atoms with van der Waals surface area (Å²) in [6, 6.07) is 0. The maximum atomic E-state index is 9.69. The molecule has 46 valence electrons. The van der Waals surface area contributed by atoms with Crippen LogP contribution in [-0.2, 0) is 0 Å². The van der Waals surface area contributed by atoms with Crippen LogP contribution in [0.25, 0.3) is 0 Å². The molecule has 0 aliphatic heterocycles. The zero-order chi connectivity index (χ0) is 6.73. The molecule has 0 heterocycles. The Morgan fingerprint density at radius 2 is 2.38 bits per heavy atom. The summed E-state index contributed by atoms with van der Waals surface area (Å²) in [5.41, 5.74) is -0.370. The minimum atomic E-state index is -1.05. The summed E-state index contributed by atoms with van der Waals surface area (Å²) in [4.78, 5) is 8.98. The molecular weight excluding hydrogens is 110 g/mol. The molecule has 0 fully saturated rings. The summed E-state index contributed by atoms with van der Waals surface area (Å²) < 4.78 is 0. The van der Waals surface area contributed by atoms with E-state index in [-0.39, 0.29) is 5.70 Å². The first kappa shape index (κ1) is 7.10. The lowest BCUT2D eigenvalue weighted by Crippen LogP contribution is -2.11. The molecule has 0 amide bonds. The summed E-state index contributed by atoms with van der Waals surface area (Å²) in [6.07, 6.45) is -1.05. The fraction of sp³-hybridized carbons (Fsp3) is 0.500. The van der Waals surface area contributed by atoms with Gasteiger partial charge in [0.1, 0.15) is 6.10 Å². The average molecular weight is 117 g/mol. The molecular formula is C4H7NO3. The number of aliphatic hydroxyl groups excluding tert-OH is 1. The summed E-state index contributed by atoms with van der Waals surface area (Å²) in [7, 11) is 0. The molecule has 0 saturated carbocycles. The van der Waals surface area contributed by atoms with Crippen LogP contribution in [0, 0.1) is 10.1 Å². The van der Waals surface area contributed by atoms with Crippen LogP contribution in [0.5, 0.6) is 0 Å². The lowest BCUT2D eigenvalue weighted by molar-refractivity contribution is -0.434. The molecule has 0 aromatic carbocycles. The number of hydrogen-bond acceptors (Lipinski definition) is 3. The molecule has 0 bridgehead atoms. The van der Waals surface area contributed by atoms with Gasteiger partial charge < -0.3 is 5.11 Å². The van der Waals surface area contributed by atoms with E-state index >= 15 is 0 Å². The quantitative estimate of drug-likeness (QED) is 0.414. The highest BCUT2D eigenvalue weighted by Crippen LogP contribution is 1.96. The van der Waals surface area contributed by atoms with Crippen molar-refractivity contribution in [1.82, 2.24) is 0 Å². The molecule has 1 atom stereocenters. The lowest BCUT2D eigenvalue weighted by atomic mass is 10.3. The van der Waals surface area contributed by atoms with Crippen LogP contribution in [0.1, 0.15) is 6.92 Å². The lowest BCUT2D eigenvalue weighted by Gasteiger charge is -1.95. The number of rotatable bonds is 2. The maximum absolute atomic E-state index is 9.69. The van der Waals surface area contributed by atoms with Crippen molar-refractivity contribution in [3.8, 4) is 0 Å². The van der Waals surface area contributed by atoms with Gasteiger partial charge in [0.15, 0.2) is 0 Å². The van der Waals surface area contributed by atoms with Crippen LogP contribution < -0.4 is 0 Å². The molecule has 0 aromatic rings. The van der Waals surface area contributed by atoms with Gasteiger partial charge in [0, 0.05) is 0 Å². The minimum absolute atomic E-state index is 0.370. The van der Waals surface area contributed by atoms with E-state index in [0.717, 1.165) is 0 Å². The third-order valence-corrected chi connectivity index (χ3v) is 0.717. The SMILES string of the molecule is C=C(C(C)O)[N+](=O)[O-]. The molecule has 1 unspecified atom stereocenters. The molecule has 0 aliphatic rings. The Kier molecular flexibility index (Phi) is 2.15. The van der Waals surface area contributed by atoms with Crippen LogP contribution in [0.15, 0.2) is 12.3 Å². The molecule has 0 spiro atoms. The summed E-state index contributed by atoms with van der Waals surface area (Å²) in [5.74, 6) is 0. The van der Waals surface area contributed by atoms with E-state index in [1.54, 1.807) is 0 Å². The van der Waals surface area contributed by atoms with Gasteiger partial charge in [-0.2, -0.15) is 0 Å². The highest BCUT2D eigenvalue weighted by atomic mass is 16.6. The molecule has 0 aliphatic carbocycles. The highest BCUT2D eigenvalue weighted by molar-refractivity contribution is 4.86. The Morgan fingerprint density at radius 1 is 2.00 bits per heavy atom. The molecule has 0 radical (unpaired) electrons. The van der Waals surface area contributed by atoms with Gasteiger partial charge in [-0.3, -0.25) is 10.1 Å². The fourth-order valence-corrected chi connectivity index (χ4v) is 0.153. The summed E-state index contributed by atoms with van der Waals surface area (Å²) >= 11 is 0. The highest BCUT2D eigenvalue weighted by Gasteiger charge is 2.12. The molecule has 0 saturated heterocycles. The van der Waals surface area contributed by atoms with Crippen molar-refractivity contribution in [3.05, 3.63) is 22.4 Å². The van der Waals surface area contributed by atoms with Gasteiger partial charge in [0.05, 0.1) is 4.92 Å². The number of aliphatic hydroxyl groups is 1. The van der Waals surface area contributed by atoms with Crippen molar-refractivity contribution in [2.24, 2.45) is 0 Å². The Morgan fingerprint density at radius 3 is 2.38 bits per heavy atom. The fourth-order valence-electron chi connectivity index (χ4n) is 0.153. The van der Waals surface area contributed by atoms with Crippen molar-refractivity contribution in [2.45, 2.75) is 13.0 Å². The second kappa shape index (κ2) is 2.42. The normalized spacial score (nSPS) is 12.8. The second-order valence-electron chi connectivity index (χ2n) is 1.42. The minimum Gasteiger partial charge on any atom is -0.382 e. The largest absolute Gasteiger partial charge is 0.382 e. The predicted octanol–water partition coefficient (Wildman–Crippen LogP) is 0.158.